The van der Waals surface area contributed by atoms with Gasteiger partial charge in [-0.1, -0.05) is 158 Å². The van der Waals surface area contributed by atoms with Crippen LogP contribution in [0.5, 0.6) is 0 Å². The average molecular weight is 668 g/mol. The molecule has 0 heterocycles. The fourth-order valence-electron chi connectivity index (χ4n) is 5.93. The highest BCUT2D eigenvalue weighted by molar-refractivity contribution is 5.94. The van der Waals surface area contributed by atoms with Gasteiger partial charge in [-0.3, -0.25) is 9.69 Å². The van der Waals surface area contributed by atoms with Crippen molar-refractivity contribution in [1.82, 2.24) is 4.90 Å². The van der Waals surface area contributed by atoms with Gasteiger partial charge in [0.15, 0.2) is 5.78 Å². The molecule has 0 fully saturated rings. The average Bonchev–Trinajstić information content (AvgIpc) is 3.30. The molecule has 0 spiro atoms. The number of amides is 1. The number of ether oxygens (including phenoxy) is 4. The minimum atomic E-state index is -1.01. The SMILES string of the molecule is O=C1C=C[C@@H](N(Cc2ccccc2)C(=O)OCc2ccccc2)[C@H](OCc2ccccc2)[C@@H](OCc2ccccc2)[C@@H]1OCc1ccccc1. The van der Waals surface area contributed by atoms with E-state index in [-0.39, 0.29) is 38.8 Å². The lowest BCUT2D eigenvalue weighted by Crippen LogP contribution is -2.55. The number of rotatable bonds is 14. The second kappa shape index (κ2) is 17.9. The maximum atomic E-state index is 14.2. The van der Waals surface area contributed by atoms with Crippen LogP contribution in [-0.2, 0) is 56.7 Å². The first-order chi connectivity index (χ1) is 24.6. The van der Waals surface area contributed by atoms with Crippen LogP contribution in [0.25, 0.3) is 0 Å². The Labute approximate surface area is 293 Å². The van der Waals surface area contributed by atoms with Crippen LogP contribution in [0.1, 0.15) is 27.8 Å². The lowest BCUT2D eigenvalue weighted by Gasteiger charge is -2.39. The van der Waals surface area contributed by atoms with Crippen molar-refractivity contribution < 1.29 is 28.5 Å². The Morgan fingerprint density at radius 3 is 1.38 bits per heavy atom. The van der Waals surface area contributed by atoms with Gasteiger partial charge in [-0.15, -0.1) is 0 Å². The monoisotopic (exact) mass is 667 g/mol. The second-order valence-electron chi connectivity index (χ2n) is 12.1. The normalized spacial score (nSPS) is 18.7. The maximum absolute atomic E-state index is 14.2. The predicted octanol–water partition coefficient (Wildman–Crippen LogP) is 8.09. The van der Waals surface area contributed by atoms with E-state index < -0.39 is 30.4 Å². The molecular weight excluding hydrogens is 626 g/mol. The molecule has 254 valence electrons. The van der Waals surface area contributed by atoms with E-state index >= 15 is 0 Å². The van der Waals surface area contributed by atoms with Gasteiger partial charge in [-0.05, 0) is 33.9 Å². The second-order valence-corrected chi connectivity index (χ2v) is 12.1. The predicted molar refractivity (Wildman–Crippen MR) is 192 cm³/mol. The van der Waals surface area contributed by atoms with E-state index in [1.807, 2.05) is 152 Å². The lowest BCUT2D eigenvalue weighted by molar-refractivity contribution is -0.169. The van der Waals surface area contributed by atoms with Crippen molar-refractivity contribution in [3.05, 3.63) is 192 Å². The van der Waals surface area contributed by atoms with Crippen molar-refractivity contribution in [3.8, 4) is 0 Å². The summed E-state index contributed by atoms with van der Waals surface area (Å²) in [6.45, 7) is 0.924. The number of hydrogen-bond donors (Lipinski definition) is 0. The molecule has 7 heteroatoms. The fourth-order valence-corrected chi connectivity index (χ4v) is 5.93. The Bertz CT molecular complexity index is 1780. The molecule has 5 aromatic rings. The highest BCUT2D eigenvalue weighted by Crippen LogP contribution is 2.29. The Hall–Kier alpha value is -5.34. The zero-order valence-corrected chi connectivity index (χ0v) is 27.8. The third-order valence-electron chi connectivity index (χ3n) is 8.54. The van der Waals surface area contributed by atoms with Crippen molar-refractivity contribution >= 4 is 11.9 Å². The zero-order valence-electron chi connectivity index (χ0n) is 27.8. The molecule has 0 aromatic heterocycles. The van der Waals surface area contributed by atoms with Crippen LogP contribution in [0.3, 0.4) is 0 Å². The van der Waals surface area contributed by atoms with Crippen molar-refractivity contribution in [2.75, 3.05) is 0 Å². The third-order valence-corrected chi connectivity index (χ3v) is 8.54. The minimum Gasteiger partial charge on any atom is -0.445 e. The molecule has 0 bridgehead atoms. The largest absolute Gasteiger partial charge is 0.445 e. The minimum absolute atomic E-state index is 0.0899. The summed E-state index contributed by atoms with van der Waals surface area (Å²) in [5, 5.41) is 0. The summed E-state index contributed by atoms with van der Waals surface area (Å²) in [6, 6.07) is 47.8. The van der Waals surface area contributed by atoms with E-state index in [2.05, 4.69) is 0 Å². The number of nitrogens with zero attached hydrogens (tertiary/aromatic N) is 1. The van der Waals surface area contributed by atoms with Crippen molar-refractivity contribution in [1.29, 1.82) is 0 Å². The van der Waals surface area contributed by atoms with Gasteiger partial charge >= 0.3 is 6.09 Å². The first-order valence-corrected chi connectivity index (χ1v) is 16.8. The van der Waals surface area contributed by atoms with E-state index in [0.29, 0.717) is 0 Å². The summed E-state index contributed by atoms with van der Waals surface area (Å²) in [7, 11) is 0. The van der Waals surface area contributed by atoms with Crippen molar-refractivity contribution in [2.24, 2.45) is 0 Å². The topological polar surface area (TPSA) is 74.3 Å². The van der Waals surface area contributed by atoms with Gasteiger partial charge in [0, 0.05) is 6.54 Å². The molecule has 1 amide bonds. The number of benzene rings is 5. The summed E-state index contributed by atoms with van der Waals surface area (Å²) in [5.41, 5.74) is 4.55. The van der Waals surface area contributed by atoms with Crippen LogP contribution in [-0.4, -0.2) is 41.1 Å². The van der Waals surface area contributed by atoms with Crippen molar-refractivity contribution in [2.45, 2.75) is 57.3 Å². The highest BCUT2D eigenvalue weighted by atomic mass is 16.6. The van der Waals surface area contributed by atoms with Gasteiger partial charge in [0.25, 0.3) is 0 Å². The van der Waals surface area contributed by atoms with Crippen LogP contribution in [0.15, 0.2) is 164 Å². The third kappa shape index (κ3) is 9.64. The Morgan fingerprint density at radius 2 is 0.900 bits per heavy atom. The number of ketones is 1. The first-order valence-electron chi connectivity index (χ1n) is 16.8. The van der Waals surface area contributed by atoms with Crippen LogP contribution in [0.2, 0.25) is 0 Å². The molecule has 5 aromatic carbocycles. The van der Waals surface area contributed by atoms with Gasteiger partial charge in [0.2, 0.25) is 0 Å². The quantitative estimate of drug-likeness (QED) is 0.119. The van der Waals surface area contributed by atoms with Crippen molar-refractivity contribution in [3.63, 3.8) is 0 Å². The lowest BCUT2D eigenvalue weighted by atomic mass is 9.99. The number of hydrogen-bond acceptors (Lipinski definition) is 6. The zero-order chi connectivity index (χ0) is 34.4. The molecule has 0 aliphatic heterocycles. The molecule has 0 saturated carbocycles. The molecule has 50 heavy (non-hydrogen) atoms. The summed E-state index contributed by atoms with van der Waals surface area (Å²) in [6.07, 6.45) is -0.0487. The molecule has 1 aliphatic rings. The molecular formula is C43H41NO6. The number of carbonyl (C=O) groups is 2. The Kier molecular flexibility index (Phi) is 12.3. The first kappa shape index (κ1) is 34.5. The molecule has 6 rings (SSSR count). The molecule has 0 unspecified atom stereocenters. The standard InChI is InChI=1S/C43H41NO6/c45-39-27-26-38(44(28-33-16-6-1-7-17-33)43(46)50-32-37-24-14-5-15-25-37)40(47-29-34-18-8-2-9-19-34)42(49-31-36-22-12-4-13-23-36)41(39)48-30-35-20-10-3-11-21-35/h1-27,38,40-42H,28-32H2/t38-,40+,41-,42-/m1/s1. The van der Waals surface area contributed by atoms with E-state index in [1.54, 1.807) is 11.0 Å². The summed E-state index contributed by atoms with van der Waals surface area (Å²) in [5.74, 6) is -0.271. The highest BCUT2D eigenvalue weighted by Gasteiger charge is 2.45. The molecule has 4 atom stereocenters. The molecule has 0 N–H and O–H groups in total. The molecule has 7 nitrogen and oxygen atoms in total. The van der Waals surface area contributed by atoms with E-state index in [0.717, 1.165) is 27.8 Å². The summed E-state index contributed by atoms with van der Waals surface area (Å²) >= 11 is 0. The molecule has 0 radical (unpaired) electrons. The molecule has 0 saturated heterocycles. The van der Waals surface area contributed by atoms with Crippen LogP contribution < -0.4 is 0 Å². The van der Waals surface area contributed by atoms with Gasteiger partial charge in [-0.25, -0.2) is 4.79 Å². The van der Waals surface area contributed by atoms with Crippen LogP contribution in [0.4, 0.5) is 4.79 Å². The van der Waals surface area contributed by atoms with Gasteiger partial charge in [0.05, 0.1) is 25.9 Å². The van der Waals surface area contributed by atoms with E-state index in [4.69, 9.17) is 18.9 Å². The maximum Gasteiger partial charge on any atom is 0.410 e. The van der Waals surface area contributed by atoms with Crippen LogP contribution >= 0.6 is 0 Å². The van der Waals surface area contributed by atoms with Gasteiger partial charge < -0.3 is 18.9 Å². The van der Waals surface area contributed by atoms with E-state index in [9.17, 15) is 9.59 Å². The van der Waals surface area contributed by atoms with Crippen LogP contribution in [0, 0.1) is 0 Å². The summed E-state index contributed by atoms with van der Waals surface area (Å²) < 4.78 is 25.8. The van der Waals surface area contributed by atoms with Gasteiger partial charge in [-0.2, -0.15) is 0 Å². The van der Waals surface area contributed by atoms with E-state index in [1.165, 1.54) is 6.08 Å². The van der Waals surface area contributed by atoms with Gasteiger partial charge in [0.1, 0.15) is 24.9 Å². The number of carbonyl (C=O) groups excluding carboxylic acids is 2. The Morgan fingerprint density at radius 1 is 0.500 bits per heavy atom. The fraction of sp³-hybridized carbons (Fsp3) is 0.209. The molecule has 1 aliphatic carbocycles. The smallest absolute Gasteiger partial charge is 0.410 e. The Balaban J connectivity index is 1.38. The summed E-state index contributed by atoms with van der Waals surface area (Å²) in [4.78, 5) is 29.8.